The summed E-state index contributed by atoms with van der Waals surface area (Å²) in [7, 11) is 1.76. The van der Waals surface area contributed by atoms with E-state index in [1.165, 1.54) is 6.07 Å². The first kappa shape index (κ1) is 23.4. The van der Waals surface area contributed by atoms with Crippen LogP contribution in [0.5, 0.6) is 5.75 Å². The number of aromatic nitrogens is 4. The number of ether oxygens (including phenoxy) is 1. The molecule has 3 aromatic heterocycles. The first-order chi connectivity index (χ1) is 16.1. The normalized spacial score (nSPS) is 13.1. The summed E-state index contributed by atoms with van der Waals surface area (Å²) in [4.78, 5) is 17.8. The number of aliphatic hydroxyl groups excluding tert-OH is 1. The van der Waals surface area contributed by atoms with Gasteiger partial charge in [-0.05, 0) is 45.0 Å². The summed E-state index contributed by atoms with van der Waals surface area (Å²) < 4.78 is 36.8. The Hall–Kier alpha value is -3.79. The van der Waals surface area contributed by atoms with Crippen molar-refractivity contribution in [3.63, 3.8) is 0 Å². The van der Waals surface area contributed by atoms with Crippen LogP contribution in [0.15, 0.2) is 42.7 Å². The molecule has 34 heavy (non-hydrogen) atoms. The van der Waals surface area contributed by atoms with Gasteiger partial charge in [0, 0.05) is 25.0 Å². The van der Waals surface area contributed by atoms with Crippen LogP contribution in [-0.4, -0.2) is 36.8 Å². The van der Waals surface area contributed by atoms with E-state index in [2.05, 4.69) is 15.4 Å². The second-order valence-corrected chi connectivity index (χ2v) is 8.35. The van der Waals surface area contributed by atoms with Crippen LogP contribution in [0.25, 0.3) is 5.65 Å². The maximum Gasteiger partial charge on any atom is 0.270 e. The minimum absolute atomic E-state index is 0.198. The Morgan fingerprint density at radius 2 is 1.88 bits per heavy atom. The van der Waals surface area contributed by atoms with Crippen molar-refractivity contribution in [2.24, 2.45) is 7.05 Å². The Bertz CT molecular complexity index is 1360. The largest absolute Gasteiger partial charge is 0.485 e. The highest BCUT2D eigenvalue weighted by Crippen LogP contribution is 2.27. The number of hydrogen-bond acceptors (Lipinski definition) is 5. The van der Waals surface area contributed by atoms with Crippen molar-refractivity contribution < 1.29 is 23.4 Å². The van der Waals surface area contributed by atoms with Crippen LogP contribution >= 0.6 is 0 Å². The number of fused-ring (bicyclic) bond motifs is 1. The fraction of sp³-hybridized carbons (Fsp3) is 0.292. The number of nitrogens with one attached hydrogen (secondary N) is 1. The summed E-state index contributed by atoms with van der Waals surface area (Å²) >= 11 is 0. The molecule has 178 valence electrons. The summed E-state index contributed by atoms with van der Waals surface area (Å²) in [6, 6.07) is 6.86. The van der Waals surface area contributed by atoms with Gasteiger partial charge in [-0.15, -0.1) is 0 Å². The standard InChI is InChI=1S/C24H25F2N5O3/c1-14-17(11-30(4)29-14)24(3,13-32)28-23(33)21-15(2)27-22-20(9-6-10-31(21)22)34-12-16-18(25)7-5-8-19(16)26/h5-11,32H,12-13H2,1-4H3,(H,28,33). The second kappa shape index (κ2) is 8.86. The first-order valence-electron chi connectivity index (χ1n) is 10.6. The van der Waals surface area contributed by atoms with Gasteiger partial charge in [-0.1, -0.05) is 6.07 Å². The summed E-state index contributed by atoms with van der Waals surface area (Å²) in [5, 5.41) is 17.3. The highest BCUT2D eigenvalue weighted by atomic mass is 19.1. The van der Waals surface area contributed by atoms with Crippen molar-refractivity contribution in [2.45, 2.75) is 32.9 Å². The van der Waals surface area contributed by atoms with E-state index in [9.17, 15) is 18.7 Å². The van der Waals surface area contributed by atoms with Crippen molar-refractivity contribution >= 4 is 11.6 Å². The molecule has 2 N–H and O–H groups in total. The Morgan fingerprint density at radius 3 is 2.50 bits per heavy atom. The van der Waals surface area contributed by atoms with Crippen molar-refractivity contribution in [3.8, 4) is 5.75 Å². The SMILES string of the molecule is Cc1nn(C)cc1C(C)(CO)NC(=O)c1c(C)nc2c(OCc3c(F)cccc3F)cccn12. The number of rotatable bonds is 7. The lowest BCUT2D eigenvalue weighted by Gasteiger charge is -2.28. The van der Waals surface area contributed by atoms with Crippen molar-refractivity contribution in [2.75, 3.05) is 6.61 Å². The molecule has 1 atom stereocenters. The number of carbonyl (C=O) groups is 1. The molecule has 1 amide bonds. The van der Waals surface area contributed by atoms with E-state index < -0.39 is 23.1 Å². The fourth-order valence-corrected chi connectivity index (χ4v) is 4.01. The lowest BCUT2D eigenvalue weighted by molar-refractivity contribution is 0.0842. The van der Waals surface area contributed by atoms with E-state index in [0.29, 0.717) is 22.6 Å². The molecule has 1 unspecified atom stereocenters. The van der Waals surface area contributed by atoms with E-state index in [-0.39, 0.29) is 30.2 Å². The molecule has 0 saturated carbocycles. The second-order valence-electron chi connectivity index (χ2n) is 8.35. The molecule has 0 aliphatic rings. The maximum absolute atomic E-state index is 14.0. The number of hydrogen-bond donors (Lipinski definition) is 2. The smallest absolute Gasteiger partial charge is 0.270 e. The van der Waals surface area contributed by atoms with Crippen LogP contribution in [0.4, 0.5) is 8.78 Å². The van der Waals surface area contributed by atoms with E-state index in [0.717, 1.165) is 12.1 Å². The number of imidazole rings is 1. The first-order valence-corrected chi connectivity index (χ1v) is 10.6. The predicted octanol–water partition coefficient (Wildman–Crippen LogP) is 3.18. The Kier molecular flexibility index (Phi) is 6.09. The highest BCUT2D eigenvalue weighted by molar-refractivity contribution is 5.95. The number of aryl methyl sites for hydroxylation is 3. The third-order valence-corrected chi connectivity index (χ3v) is 5.75. The number of pyridine rings is 1. The number of carbonyl (C=O) groups excluding carboxylic acids is 1. The van der Waals surface area contributed by atoms with Gasteiger partial charge in [0.25, 0.3) is 5.91 Å². The van der Waals surface area contributed by atoms with Gasteiger partial charge in [0.15, 0.2) is 11.4 Å². The summed E-state index contributed by atoms with van der Waals surface area (Å²) in [6.07, 6.45) is 3.40. The highest BCUT2D eigenvalue weighted by Gasteiger charge is 2.33. The summed E-state index contributed by atoms with van der Waals surface area (Å²) in [5.74, 6) is -1.61. The van der Waals surface area contributed by atoms with Crippen LogP contribution in [0.3, 0.4) is 0 Å². The monoisotopic (exact) mass is 469 g/mol. The topological polar surface area (TPSA) is 93.7 Å². The number of benzene rings is 1. The zero-order valence-corrected chi connectivity index (χ0v) is 19.3. The molecule has 0 aliphatic carbocycles. The Balaban J connectivity index is 1.65. The third-order valence-electron chi connectivity index (χ3n) is 5.75. The molecule has 3 heterocycles. The lowest BCUT2D eigenvalue weighted by Crippen LogP contribution is -2.47. The zero-order valence-electron chi connectivity index (χ0n) is 19.3. The maximum atomic E-state index is 14.0. The average molecular weight is 469 g/mol. The Morgan fingerprint density at radius 1 is 1.18 bits per heavy atom. The van der Waals surface area contributed by atoms with Gasteiger partial charge in [-0.25, -0.2) is 13.8 Å². The zero-order chi connectivity index (χ0) is 24.6. The molecule has 0 fully saturated rings. The van der Waals surface area contributed by atoms with Gasteiger partial charge in [0.05, 0.1) is 29.1 Å². The van der Waals surface area contributed by atoms with E-state index in [1.54, 1.807) is 61.4 Å². The van der Waals surface area contributed by atoms with E-state index >= 15 is 0 Å². The van der Waals surface area contributed by atoms with Gasteiger partial charge >= 0.3 is 0 Å². The molecule has 0 bridgehead atoms. The van der Waals surface area contributed by atoms with Crippen LogP contribution in [0, 0.1) is 25.5 Å². The van der Waals surface area contributed by atoms with Gasteiger partial charge in [-0.2, -0.15) is 5.10 Å². The van der Waals surface area contributed by atoms with Crippen LogP contribution in [0.1, 0.15) is 39.9 Å². The molecule has 0 spiro atoms. The van der Waals surface area contributed by atoms with E-state index in [1.807, 2.05) is 0 Å². The molecular weight excluding hydrogens is 444 g/mol. The summed E-state index contributed by atoms with van der Waals surface area (Å²) in [5.41, 5.74) is 1.09. The molecule has 0 saturated heterocycles. The molecule has 0 radical (unpaired) electrons. The quantitative estimate of drug-likeness (QED) is 0.434. The van der Waals surface area contributed by atoms with Gasteiger partial charge in [-0.3, -0.25) is 13.9 Å². The number of aliphatic hydroxyl groups is 1. The lowest BCUT2D eigenvalue weighted by atomic mass is 9.93. The van der Waals surface area contributed by atoms with Crippen LogP contribution in [-0.2, 0) is 19.2 Å². The third kappa shape index (κ3) is 4.12. The minimum Gasteiger partial charge on any atom is -0.485 e. The fourth-order valence-electron chi connectivity index (χ4n) is 4.01. The predicted molar refractivity (Wildman–Crippen MR) is 120 cm³/mol. The number of nitrogens with zero attached hydrogens (tertiary/aromatic N) is 4. The van der Waals surface area contributed by atoms with Gasteiger partial charge < -0.3 is 15.2 Å². The van der Waals surface area contributed by atoms with Crippen LogP contribution < -0.4 is 10.1 Å². The molecule has 10 heteroatoms. The average Bonchev–Trinajstić information content (AvgIpc) is 3.31. The van der Waals surface area contributed by atoms with Gasteiger partial charge in [0.2, 0.25) is 0 Å². The molecule has 0 aliphatic heterocycles. The minimum atomic E-state index is -1.08. The number of amides is 1. The Labute approximate surface area is 194 Å². The molecule has 1 aromatic carbocycles. The molecule has 8 nitrogen and oxygen atoms in total. The van der Waals surface area contributed by atoms with Crippen molar-refractivity contribution in [3.05, 3.63) is 82.6 Å². The molecule has 4 rings (SSSR count). The summed E-state index contributed by atoms with van der Waals surface area (Å²) in [6.45, 7) is 4.51. The van der Waals surface area contributed by atoms with Gasteiger partial charge in [0.1, 0.15) is 23.9 Å². The van der Waals surface area contributed by atoms with E-state index in [4.69, 9.17) is 4.74 Å². The number of halogens is 2. The van der Waals surface area contributed by atoms with Crippen molar-refractivity contribution in [1.82, 2.24) is 24.5 Å². The van der Waals surface area contributed by atoms with Crippen molar-refractivity contribution in [1.29, 1.82) is 0 Å². The molecule has 4 aromatic rings. The molecular formula is C24H25F2N5O3. The van der Waals surface area contributed by atoms with Crippen LogP contribution in [0.2, 0.25) is 0 Å².